The molecule has 0 amide bonds. The second-order valence-electron chi connectivity index (χ2n) is 5.42. The highest BCUT2D eigenvalue weighted by Gasteiger charge is 2.28. The Bertz CT molecular complexity index is 656. The van der Waals surface area contributed by atoms with Crippen molar-refractivity contribution in [2.45, 2.75) is 32.4 Å². The zero-order valence-corrected chi connectivity index (χ0v) is 12.3. The molecular weight excluding hydrogens is 273 g/mol. The van der Waals surface area contributed by atoms with Crippen LogP contribution in [0, 0.1) is 11.7 Å². The average molecular weight is 293 g/mol. The summed E-state index contributed by atoms with van der Waals surface area (Å²) in [6.07, 6.45) is 2.25. The van der Waals surface area contributed by atoms with Crippen LogP contribution < -0.4 is 10.5 Å². The molecule has 1 aliphatic rings. The lowest BCUT2D eigenvalue weighted by Gasteiger charge is -2.18. The molecule has 2 N–H and O–H groups in total. The number of imidazole rings is 1. The monoisotopic (exact) mass is 293 g/mol. The minimum absolute atomic E-state index is 0.207. The molecule has 1 aromatic carbocycles. The zero-order chi connectivity index (χ0) is 15.0. The van der Waals surface area contributed by atoms with Gasteiger partial charge in [-0.3, -0.25) is 0 Å². The van der Waals surface area contributed by atoms with Gasteiger partial charge in [0.2, 0.25) is 5.95 Å². The number of hydrogen-bond donors (Lipinski definition) is 1. The predicted molar refractivity (Wildman–Crippen MR) is 78.8 cm³/mol. The van der Waals surface area contributed by atoms with Crippen molar-refractivity contribution in [2.24, 2.45) is 5.92 Å². The third-order valence-corrected chi connectivity index (χ3v) is 4.22. The van der Waals surface area contributed by atoms with Crippen LogP contribution in [0.4, 0.5) is 10.3 Å². The van der Waals surface area contributed by atoms with Crippen molar-refractivity contribution >= 4 is 17.0 Å². The van der Waals surface area contributed by atoms with E-state index in [1.165, 1.54) is 13.2 Å². The summed E-state index contributed by atoms with van der Waals surface area (Å²) in [5.41, 5.74) is 7.36. The second kappa shape index (κ2) is 5.52. The summed E-state index contributed by atoms with van der Waals surface area (Å²) in [5, 5.41) is 0. The molecule has 1 saturated heterocycles. The maximum absolute atomic E-state index is 13.7. The van der Waals surface area contributed by atoms with E-state index in [-0.39, 0.29) is 11.9 Å². The van der Waals surface area contributed by atoms with Crippen LogP contribution >= 0.6 is 0 Å². The maximum Gasteiger partial charge on any atom is 0.201 e. The predicted octanol–water partition coefficient (Wildman–Crippen LogP) is 2.58. The Morgan fingerprint density at radius 1 is 1.52 bits per heavy atom. The van der Waals surface area contributed by atoms with E-state index in [1.807, 2.05) is 4.57 Å². The molecule has 6 heteroatoms. The first-order valence-corrected chi connectivity index (χ1v) is 7.24. The number of nitrogen functional groups attached to an aromatic ring is 1. The molecule has 0 saturated carbocycles. The molecule has 1 fully saturated rings. The van der Waals surface area contributed by atoms with E-state index in [0.29, 0.717) is 17.4 Å². The first-order valence-electron chi connectivity index (χ1n) is 7.24. The number of hydrogen-bond acceptors (Lipinski definition) is 4. The van der Waals surface area contributed by atoms with E-state index in [9.17, 15) is 4.39 Å². The minimum atomic E-state index is -0.426. The molecule has 0 aliphatic carbocycles. The molecule has 3 rings (SSSR count). The van der Waals surface area contributed by atoms with Crippen molar-refractivity contribution in [3.8, 4) is 5.75 Å². The summed E-state index contributed by atoms with van der Waals surface area (Å²) in [6, 6.07) is 3.02. The van der Waals surface area contributed by atoms with Gasteiger partial charge in [0.15, 0.2) is 11.6 Å². The molecule has 5 nitrogen and oxygen atoms in total. The topological polar surface area (TPSA) is 62.3 Å². The normalized spacial score (nSPS) is 22.0. The van der Waals surface area contributed by atoms with E-state index < -0.39 is 5.82 Å². The summed E-state index contributed by atoms with van der Waals surface area (Å²) in [6.45, 7) is 3.64. The highest BCUT2D eigenvalue weighted by molar-refractivity contribution is 5.80. The fourth-order valence-electron chi connectivity index (χ4n) is 3.08. The highest BCUT2D eigenvalue weighted by atomic mass is 19.1. The molecule has 1 aliphatic heterocycles. The summed E-state index contributed by atoms with van der Waals surface area (Å²) in [7, 11) is 1.45. The number of ether oxygens (including phenoxy) is 2. The fourth-order valence-corrected chi connectivity index (χ4v) is 3.08. The van der Waals surface area contributed by atoms with Crippen LogP contribution in [0.2, 0.25) is 0 Å². The third kappa shape index (κ3) is 2.44. The van der Waals surface area contributed by atoms with Gasteiger partial charge in [-0.05, 0) is 12.8 Å². The lowest BCUT2D eigenvalue weighted by Crippen LogP contribution is -2.21. The van der Waals surface area contributed by atoms with E-state index in [4.69, 9.17) is 15.2 Å². The third-order valence-electron chi connectivity index (χ3n) is 4.22. The van der Waals surface area contributed by atoms with Crippen LogP contribution in [-0.2, 0) is 11.3 Å². The Kier molecular flexibility index (Phi) is 3.71. The Morgan fingerprint density at radius 2 is 2.33 bits per heavy atom. The van der Waals surface area contributed by atoms with Gasteiger partial charge in [0.05, 0.1) is 24.2 Å². The van der Waals surface area contributed by atoms with E-state index in [1.54, 1.807) is 6.07 Å². The van der Waals surface area contributed by atoms with Gasteiger partial charge in [-0.1, -0.05) is 6.92 Å². The van der Waals surface area contributed by atoms with E-state index in [0.717, 1.165) is 31.5 Å². The molecule has 1 aromatic heterocycles. The molecule has 2 atom stereocenters. The molecule has 0 bridgehead atoms. The first kappa shape index (κ1) is 14.1. The van der Waals surface area contributed by atoms with Gasteiger partial charge in [-0.15, -0.1) is 0 Å². The number of anilines is 1. The zero-order valence-electron chi connectivity index (χ0n) is 12.3. The Balaban J connectivity index is 1.99. The van der Waals surface area contributed by atoms with Crippen molar-refractivity contribution < 1.29 is 13.9 Å². The molecule has 2 aromatic rings. The molecule has 2 unspecified atom stereocenters. The summed E-state index contributed by atoms with van der Waals surface area (Å²) >= 11 is 0. The van der Waals surface area contributed by atoms with Crippen LogP contribution in [0.5, 0.6) is 5.75 Å². The smallest absolute Gasteiger partial charge is 0.201 e. The molecule has 0 spiro atoms. The van der Waals surface area contributed by atoms with Crippen LogP contribution in [0.25, 0.3) is 11.0 Å². The summed E-state index contributed by atoms with van der Waals surface area (Å²) in [5.74, 6) is 0.591. The van der Waals surface area contributed by atoms with Crippen molar-refractivity contribution in [2.75, 3.05) is 19.5 Å². The number of nitrogens with two attached hydrogens (primary N) is 1. The van der Waals surface area contributed by atoms with Gasteiger partial charge in [0.1, 0.15) is 0 Å². The lowest BCUT2D eigenvalue weighted by atomic mass is 9.99. The summed E-state index contributed by atoms with van der Waals surface area (Å²) < 4.78 is 26.4. The molecule has 21 heavy (non-hydrogen) atoms. The van der Waals surface area contributed by atoms with Gasteiger partial charge in [0.25, 0.3) is 0 Å². The second-order valence-corrected chi connectivity index (χ2v) is 5.42. The minimum Gasteiger partial charge on any atom is -0.494 e. The largest absolute Gasteiger partial charge is 0.494 e. The van der Waals surface area contributed by atoms with Crippen LogP contribution in [0.3, 0.4) is 0 Å². The molecule has 2 heterocycles. The molecule has 0 radical (unpaired) electrons. The number of nitrogens with zero attached hydrogens (tertiary/aromatic N) is 2. The standard InChI is InChI=1S/C15H20FN3O2/c1-3-13-9(4-5-21-13)8-19-12-7-14(20-2)10(16)6-11(12)18-15(19)17/h6-7,9,13H,3-5,8H2,1-2H3,(H2,17,18). The van der Waals surface area contributed by atoms with Crippen molar-refractivity contribution in [3.05, 3.63) is 17.9 Å². The van der Waals surface area contributed by atoms with Crippen LogP contribution in [0.1, 0.15) is 19.8 Å². The number of benzene rings is 1. The van der Waals surface area contributed by atoms with Gasteiger partial charge in [-0.25, -0.2) is 9.37 Å². The Labute approximate surface area is 122 Å². The Hall–Kier alpha value is -1.82. The van der Waals surface area contributed by atoms with Crippen molar-refractivity contribution in [3.63, 3.8) is 0 Å². The number of fused-ring (bicyclic) bond motifs is 1. The SMILES string of the molecule is CCC1OCCC1Cn1c(N)nc2cc(F)c(OC)cc21. The maximum atomic E-state index is 13.7. The number of methoxy groups -OCH3 is 1. The number of rotatable bonds is 4. The first-order chi connectivity index (χ1) is 10.1. The van der Waals surface area contributed by atoms with Crippen LogP contribution in [-0.4, -0.2) is 29.4 Å². The molecular formula is C15H20FN3O2. The Morgan fingerprint density at radius 3 is 3.05 bits per heavy atom. The van der Waals surface area contributed by atoms with E-state index in [2.05, 4.69) is 11.9 Å². The highest BCUT2D eigenvalue weighted by Crippen LogP contribution is 2.30. The number of aromatic nitrogens is 2. The van der Waals surface area contributed by atoms with Crippen molar-refractivity contribution in [1.29, 1.82) is 0 Å². The van der Waals surface area contributed by atoms with Gasteiger partial charge in [-0.2, -0.15) is 0 Å². The van der Waals surface area contributed by atoms with Gasteiger partial charge >= 0.3 is 0 Å². The summed E-state index contributed by atoms with van der Waals surface area (Å²) in [4.78, 5) is 4.25. The average Bonchev–Trinajstić information content (AvgIpc) is 3.03. The van der Waals surface area contributed by atoms with Gasteiger partial charge in [0, 0.05) is 31.2 Å². The van der Waals surface area contributed by atoms with Gasteiger partial charge < -0.3 is 19.8 Å². The lowest BCUT2D eigenvalue weighted by molar-refractivity contribution is 0.0839. The molecule has 114 valence electrons. The van der Waals surface area contributed by atoms with Crippen molar-refractivity contribution in [1.82, 2.24) is 9.55 Å². The quantitative estimate of drug-likeness (QED) is 0.941. The van der Waals surface area contributed by atoms with Crippen LogP contribution in [0.15, 0.2) is 12.1 Å². The number of halogens is 1. The van der Waals surface area contributed by atoms with E-state index >= 15 is 0 Å². The fraction of sp³-hybridized carbons (Fsp3) is 0.533.